The predicted molar refractivity (Wildman–Crippen MR) is 116 cm³/mol. The number of benzene rings is 2. The highest BCUT2D eigenvalue weighted by Gasteiger charge is 2.16. The molecule has 1 aromatic heterocycles. The van der Waals surface area contributed by atoms with E-state index in [1.165, 1.54) is 16.6 Å². The van der Waals surface area contributed by atoms with Crippen molar-refractivity contribution in [3.05, 3.63) is 59.4 Å². The summed E-state index contributed by atoms with van der Waals surface area (Å²) in [6.07, 6.45) is 2.09. The number of unbranched alkanes of at least 4 members (excludes halogenated alkanes) is 1. The molecular formula is C24H31N3O2. The third-order valence-corrected chi connectivity index (χ3v) is 5.73. The first-order chi connectivity index (χ1) is 14.2. The van der Waals surface area contributed by atoms with Gasteiger partial charge in [0.25, 0.3) is 0 Å². The van der Waals surface area contributed by atoms with Crippen LogP contribution in [0.4, 0.5) is 0 Å². The first-order valence-corrected chi connectivity index (χ1v) is 10.6. The van der Waals surface area contributed by atoms with Crippen molar-refractivity contribution in [2.45, 2.75) is 39.8 Å². The molecule has 1 aliphatic heterocycles. The Balaban J connectivity index is 1.36. The Hall–Kier alpha value is -2.37. The monoisotopic (exact) mass is 393 g/mol. The Kier molecular flexibility index (Phi) is 6.47. The largest absolute Gasteiger partial charge is 0.494 e. The lowest BCUT2D eigenvalue weighted by Crippen LogP contribution is -2.36. The quantitative estimate of drug-likeness (QED) is 0.534. The van der Waals surface area contributed by atoms with Crippen LogP contribution >= 0.6 is 0 Å². The fourth-order valence-electron chi connectivity index (χ4n) is 3.82. The molecule has 0 aliphatic carbocycles. The van der Waals surface area contributed by atoms with Gasteiger partial charge >= 0.3 is 0 Å². The average Bonchev–Trinajstić information content (AvgIpc) is 3.08. The second kappa shape index (κ2) is 9.42. The minimum absolute atomic E-state index is 0.744. The maximum Gasteiger partial charge on any atom is 0.124 e. The molecule has 4 rings (SSSR count). The smallest absolute Gasteiger partial charge is 0.124 e. The third-order valence-electron chi connectivity index (χ3n) is 5.73. The summed E-state index contributed by atoms with van der Waals surface area (Å²) in [6, 6.07) is 14.8. The zero-order valence-corrected chi connectivity index (χ0v) is 17.6. The first-order valence-electron chi connectivity index (χ1n) is 10.6. The van der Waals surface area contributed by atoms with Crippen molar-refractivity contribution >= 4 is 11.0 Å². The molecule has 1 fully saturated rings. The number of fused-ring (bicyclic) bond motifs is 1. The lowest BCUT2D eigenvalue weighted by Gasteiger charge is -2.26. The van der Waals surface area contributed by atoms with E-state index in [1.54, 1.807) is 0 Å². The molecule has 154 valence electrons. The number of imidazole rings is 1. The van der Waals surface area contributed by atoms with Gasteiger partial charge in [-0.05, 0) is 62.1 Å². The van der Waals surface area contributed by atoms with Crippen LogP contribution in [0.3, 0.4) is 0 Å². The Morgan fingerprint density at radius 1 is 1.00 bits per heavy atom. The molecule has 0 N–H and O–H groups in total. The molecule has 1 saturated heterocycles. The van der Waals surface area contributed by atoms with Crippen molar-refractivity contribution in [2.24, 2.45) is 0 Å². The molecule has 5 nitrogen and oxygen atoms in total. The number of ether oxygens (including phenoxy) is 2. The topological polar surface area (TPSA) is 39.5 Å². The summed E-state index contributed by atoms with van der Waals surface area (Å²) >= 11 is 0. The molecule has 0 spiro atoms. The van der Waals surface area contributed by atoms with Crippen molar-refractivity contribution in [2.75, 3.05) is 32.9 Å². The number of aryl methyl sites for hydroxylation is 3. The minimum atomic E-state index is 0.744. The first kappa shape index (κ1) is 19.9. The van der Waals surface area contributed by atoms with Gasteiger partial charge in [-0.2, -0.15) is 0 Å². The van der Waals surface area contributed by atoms with Crippen LogP contribution in [-0.2, 0) is 17.8 Å². The van der Waals surface area contributed by atoms with Crippen molar-refractivity contribution in [3.8, 4) is 5.75 Å². The summed E-state index contributed by atoms with van der Waals surface area (Å²) in [4.78, 5) is 7.35. The number of nitrogens with zero attached hydrogens (tertiary/aromatic N) is 3. The Morgan fingerprint density at radius 2 is 1.83 bits per heavy atom. The Labute approximate surface area is 173 Å². The highest BCUT2D eigenvalue weighted by atomic mass is 16.5. The van der Waals surface area contributed by atoms with Gasteiger partial charge in [-0.15, -0.1) is 0 Å². The maximum atomic E-state index is 5.95. The van der Waals surface area contributed by atoms with Gasteiger partial charge in [-0.25, -0.2) is 4.98 Å². The van der Waals surface area contributed by atoms with Gasteiger partial charge in [0.15, 0.2) is 0 Å². The molecule has 2 aromatic carbocycles. The van der Waals surface area contributed by atoms with Gasteiger partial charge in [0.2, 0.25) is 0 Å². The van der Waals surface area contributed by atoms with Crippen molar-refractivity contribution in [1.29, 1.82) is 0 Å². The molecule has 0 unspecified atom stereocenters. The van der Waals surface area contributed by atoms with E-state index >= 15 is 0 Å². The normalized spacial score (nSPS) is 15.1. The molecular weight excluding hydrogens is 362 g/mol. The van der Waals surface area contributed by atoms with Gasteiger partial charge in [0.05, 0.1) is 37.4 Å². The molecule has 2 heterocycles. The van der Waals surface area contributed by atoms with Crippen LogP contribution in [0.1, 0.15) is 29.8 Å². The minimum Gasteiger partial charge on any atom is -0.494 e. The van der Waals surface area contributed by atoms with E-state index in [-0.39, 0.29) is 0 Å². The summed E-state index contributed by atoms with van der Waals surface area (Å²) in [5, 5.41) is 0. The molecule has 0 saturated carbocycles. The van der Waals surface area contributed by atoms with E-state index in [0.717, 1.165) is 75.9 Å². The number of rotatable bonds is 8. The SMILES string of the molecule is Cc1ccc(OCCCCn2c(CN3CCOCC3)nc3ccccc32)cc1C. The summed E-state index contributed by atoms with van der Waals surface area (Å²) in [5.41, 5.74) is 4.89. The van der Waals surface area contributed by atoms with Crippen LogP contribution in [0.2, 0.25) is 0 Å². The molecule has 0 amide bonds. The van der Waals surface area contributed by atoms with E-state index in [9.17, 15) is 0 Å². The zero-order chi connectivity index (χ0) is 20.1. The van der Waals surface area contributed by atoms with Crippen molar-refractivity contribution < 1.29 is 9.47 Å². The second-order valence-corrected chi connectivity index (χ2v) is 7.86. The van der Waals surface area contributed by atoms with E-state index < -0.39 is 0 Å². The van der Waals surface area contributed by atoms with Crippen LogP contribution in [0, 0.1) is 13.8 Å². The van der Waals surface area contributed by atoms with Crippen LogP contribution < -0.4 is 4.74 Å². The summed E-state index contributed by atoms with van der Waals surface area (Å²) in [5.74, 6) is 2.12. The van der Waals surface area contributed by atoms with E-state index in [2.05, 4.69) is 65.8 Å². The van der Waals surface area contributed by atoms with Crippen LogP contribution in [-0.4, -0.2) is 47.4 Å². The highest BCUT2D eigenvalue weighted by molar-refractivity contribution is 5.75. The number of aromatic nitrogens is 2. The zero-order valence-electron chi connectivity index (χ0n) is 17.6. The van der Waals surface area contributed by atoms with E-state index in [4.69, 9.17) is 14.5 Å². The fourth-order valence-corrected chi connectivity index (χ4v) is 3.82. The van der Waals surface area contributed by atoms with Crippen LogP contribution in [0.5, 0.6) is 5.75 Å². The third kappa shape index (κ3) is 4.98. The van der Waals surface area contributed by atoms with Gasteiger partial charge in [0.1, 0.15) is 11.6 Å². The molecule has 3 aromatic rings. The fraction of sp³-hybridized carbons (Fsp3) is 0.458. The molecule has 0 bridgehead atoms. The van der Waals surface area contributed by atoms with Gasteiger partial charge < -0.3 is 14.0 Å². The van der Waals surface area contributed by atoms with Crippen molar-refractivity contribution in [3.63, 3.8) is 0 Å². The second-order valence-electron chi connectivity index (χ2n) is 7.86. The summed E-state index contributed by atoms with van der Waals surface area (Å²) in [7, 11) is 0. The number of para-hydroxylation sites is 2. The predicted octanol–water partition coefficient (Wildman–Crippen LogP) is 4.34. The standard InChI is InChI=1S/C24H31N3O2/c1-19-9-10-21(17-20(19)2)29-14-6-5-11-27-23-8-4-3-7-22(23)25-24(27)18-26-12-15-28-16-13-26/h3-4,7-10,17H,5-6,11-16,18H2,1-2H3. The van der Waals surface area contributed by atoms with Gasteiger partial charge in [0, 0.05) is 19.6 Å². The summed E-state index contributed by atoms with van der Waals surface area (Å²) in [6.45, 7) is 10.4. The number of hydrogen-bond acceptors (Lipinski definition) is 4. The maximum absolute atomic E-state index is 5.95. The lowest BCUT2D eigenvalue weighted by atomic mass is 10.1. The number of morpholine rings is 1. The Bertz CT molecular complexity index is 944. The molecule has 5 heteroatoms. The highest BCUT2D eigenvalue weighted by Crippen LogP contribution is 2.20. The lowest BCUT2D eigenvalue weighted by molar-refractivity contribution is 0.0326. The molecule has 1 aliphatic rings. The van der Waals surface area contributed by atoms with Crippen LogP contribution in [0.15, 0.2) is 42.5 Å². The molecule has 0 atom stereocenters. The Morgan fingerprint density at radius 3 is 2.66 bits per heavy atom. The van der Waals surface area contributed by atoms with Crippen molar-refractivity contribution in [1.82, 2.24) is 14.5 Å². The molecule has 0 radical (unpaired) electrons. The van der Waals surface area contributed by atoms with E-state index in [0.29, 0.717) is 0 Å². The average molecular weight is 394 g/mol. The summed E-state index contributed by atoms with van der Waals surface area (Å²) < 4.78 is 13.8. The molecule has 29 heavy (non-hydrogen) atoms. The van der Waals surface area contributed by atoms with Crippen LogP contribution in [0.25, 0.3) is 11.0 Å². The van der Waals surface area contributed by atoms with Gasteiger partial charge in [-0.3, -0.25) is 4.90 Å². The van der Waals surface area contributed by atoms with Gasteiger partial charge in [-0.1, -0.05) is 18.2 Å². The number of hydrogen-bond donors (Lipinski definition) is 0. The van der Waals surface area contributed by atoms with E-state index in [1.807, 2.05) is 0 Å².